The van der Waals surface area contributed by atoms with E-state index in [0.717, 1.165) is 22.3 Å². The molecule has 5 rings (SSSR count). The fraction of sp³-hybridized carbons (Fsp3) is 0.115. The summed E-state index contributed by atoms with van der Waals surface area (Å²) in [5.41, 5.74) is 11.3. The van der Waals surface area contributed by atoms with Gasteiger partial charge in [-0.25, -0.2) is 9.97 Å². The van der Waals surface area contributed by atoms with E-state index >= 15 is 0 Å². The smallest absolute Gasteiger partial charge is 0.223 e. The van der Waals surface area contributed by atoms with Crippen LogP contribution >= 0.6 is 0 Å². The molecule has 0 aliphatic rings. The van der Waals surface area contributed by atoms with Gasteiger partial charge in [0.15, 0.2) is 11.5 Å². The van der Waals surface area contributed by atoms with E-state index in [9.17, 15) is 10.4 Å². The average Bonchev–Trinajstić information content (AvgIpc) is 3.35. The number of rotatable bonds is 7. The van der Waals surface area contributed by atoms with Crippen LogP contribution in [0.3, 0.4) is 0 Å². The number of aliphatic hydroxyl groups is 1. The van der Waals surface area contributed by atoms with E-state index in [-0.39, 0.29) is 18.6 Å². The van der Waals surface area contributed by atoms with Gasteiger partial charge < -0.3 is 16.2 Å². The van der Waals surface area contributed by atoms with Crippen molar-refractivity contribution in [3.05, 3.63) is 96.1 Å². The van der Waals surface area contributed by atoms with Gasteiger partial charge in [-0.2, -0.15) is 9.78 Å². The monoisotopic (exact) mass is 462 g/mol. The number of benzene rings is 2. The summed E-state index contributed by atoms with van der Waals surface area (Å²) in [4.78, 5) is 13.7. The van der Waals surface area contributed by atoms with Gasteiger partial charge in [-0.15, -0.1) is 5.10 Å². The third-order valence-electron chi connectivity index (χ3n) is 5.61. The third kappa shape index (κ3) is 4.31. The average molecular weight is 463 g/mol. The van der Waals surface area contributed by atoms with Crippen molar-refractivity contribution in [2.75, 3.05) is 18.9 Å². The van der Waals surface area contributed by atoms with Crippen molar-refractivity contribution >= 4 is 11.6 Å². The van der Waals surface area contributed by atoms with Gasteiger partial charge in [0.1, 0.15) is 0 Å². The Hall–Kier alpha value is -4.65. The molecule has 3 aromatic heterocycles. The molecule has 5 aromatic rings. The van der Waals surface area contributed by atoms with Crippen LogP contribution in [0.5, 0.6) is 0 Å². The number of nitrogens with one attached hydrogen (secondary N) is 1. The van der Waals surface area contributed by atoms with Gasteiger partial charge in [0.25, 0.3) is 0 Å². The summed E-state index contributed by atoms with van der Waals surface area (Å²) < 4.78 is 1.53. The molecular formula is C26H22N8O. The first-order chi connectivity index (χ1) is 17.2. The maximum atomic E-state index is 9.42. The highest BCUT2D eigenvalue weighted by Crippen LogP contribution is 2.35. The SMILES string of the molecule is N#Cc1cccc(-c2nc(N)n3nc(C(NCCO)c4ccccc4)nc3c2-c2ccncc2)c1. The Balaban J connectivity index is 1.77. The molecule has 1 unspecified atom stereocenters. The minimum atomic E-state index is -0.363. The van der Waals surface area contributed by atoms with Crippen LogP contribution in [0.15, 0.2) is 79.1 Å². The molecule has 9 nitrogen and oxygen atoms in total. The Morgan fingerprint density at radius 1 is 1.00 bits per heavy atom. The molecule has 0 saturated heterocycles. The Bertz CT molecular complexity index is 1510. The Labute approximate surface area is 201 Å². The molecule has 9 heteroatoms. The summed E-state index contributed by atoms with van der Waals surface area (Å²) in [6, 6.07) is 22.5. The zero-order valence-corrected chi connectivity index (χ0v) is 18.7. The van der Waals surface area contributed by atoms with Crippen molar-refractivity contribution in [1.29, 1.82) is 5.26 Å². The minimum Gasteiger partial charge on any atom is -0.395 e. The summed E-state index contributed by atoms with van der Waals surface area (Å²) in [5.74, 6) is 0.666. The molecule has 0 aliphatic heterocycles. The highest BCUT2D eigenvalue weighted by atomic mass is 16.3. The Kier molecular flexibility index (Phi) is 6.13. The molecule has 35 heavy (non-hydrogen) atoms. The number of aromatic nitrogens is 5. The molecular weight excluding hydrogens is 440 g/mol. The second-order valence-electron chi connectivity index (χ2n) is 7.85. The second-order valence-corrected chi connectivity index (χ2v) is 7.85. The molecule has 0 radical (unpaired) electrons. The standard InChI is InChI=1S/C26H22N8O/c27-16-17-5-4-8-20(15-17)22-21(18-9-11-29-12-10-18)25-32-24(33-34(25)26(28)31-22)23(30-13-14-35)19-6-2-1-3-7-19/h1-12,15,23,30,35H,13-14H2,(H2,28,31). The summed E-state index contributed by atoms with van der Waals surface area (Å²) in [7, 11) is 0. The number of nitrogens with zero attached hydrogens (tertiary/aromatic N) is 6. The number of anilines is 1. The second kappa shape index (κ2) is 9.69. The van der Waals surface area contributed by atoms with Crippen LogP contribution in [-0.2, 0) is 0 Å². The Morgan fingerprint density at radius 2 is 1.80 bits per heavy atom. The molecule has 2 aromatic carbocycles. The van der Waals surface area contributed by atoms with E-state index in [1.807, 2.05) is 54.6 Å². The predicted molar refractivity (Wildman–Crippen MR) is 132 cm³/mol. The summed E-state index contributed by atoms with van der Waals surface area (Å²) in [6.45, 7) is 0.342. The summed E-state index contributed by atoms with van der Waals surface area (Å²) in [6.07, 6.45) is 3.40. The van der Waals surface area contributed by atoms with Crippen molar-refractivity contribution in [2.45, 2.75) is 6.04 Å². The van der Waals surface area contributed by atoms with E-state index < -0.39 is 0 Å². The highest BCUT2D eigenvalue weighted by Gasteiger charge is 2.24. The molecule has 0 spiro atoms. The van der Waals surface area contributed by atoms with E-state index in [1.165, 1.54) is 4.52 Å². The zero-order chi connectivity index (χ0) is 24.2. The number of pyridine rings is 1. The van der Waals surface area contributed by atoms with E-state index in [0.29, 0.717) is 29.3 Å². The summed E-state index contributed by atoms with van der Waals surface area (Å²) >= 11 is 0. The van der Waals surface area contributed by atoms with Crippen LogP contribution in [0.1, 0.15) is 23.0 Å². The number of aliphatic hydroxyl groups excluding tert-OH is 1. The van der Waals surface area contributed by atoms with Gasteiger partial charge in [0, 0.05) is 24.5 Å². The number of nitriles is 1. The topological polar surface area (TPSA) is 138 Å². The lowest BCUT2D eigenvalue weighted by molar-refractivity contribution is 0.287. The predicted octanol–water partition coefficient (Wildman–Crippen LogP) is 2.98. The molecule has 172 valence electrons. The van der Waals surface area contributed by atoms with Gasteiger partial charge in [-0.05, 0) is 35.4 Å². The lowest BCUT2D eigenvalue weighted by Gasteiger charge is -2.15. The van der Waals surface area contributed by atoms with Crippen LogP contribution in [-0.4, -0.2) is 42.8 Å². The van der Waals surface area contributed by atoms with Crippen molar-refractivity contribution in [2.24, 2.45) is 0 Å². The largest absolute Gasteiger partial charge is 0.395 e. The fourth-order valence-electron chi connectivity index (χ4n) is 4.04. The van der Waals surface area contributed by atoms with Crippen molar-refractivity contribution in [1.82, 2.24) is 29.9 Å². The van der Waals surface area contributed by atoms with Crippen molar-refractivity contribution in [3.8, 4) is 28.5 Å². The normalized spacial score (nSPS) is 11.9. The zero-order valence-electron chi connectivity index (χ0n) is 18.7. The van der Waals surface area contributed by atoms with Gasteiger partial charge in [0.2, 0.25) is 5.95 Å². The van der Waals surface area contributed by atoms with Crippen molar-refractivity contribution < 1.29 is 5.11 Å². The molecule has 0 saturated carbocycles. The van der Waals surface area contributed by atoms with Crippen molar-refractivity contribution in [3.63, 3.8) is 0 Å². The van der Waals surface area contributed by atoms with Crippen LogP contribution < -0.4 is 11.1 Å². The molecule has 1 atom stereocenters. The maximum Gasteiger partial charge on any atom is 0.223 e. The molecule has 0 aliphatic carbocycles. The Morgan fingerprint density at radius 3 is 2.54 bits per heavy atom. The number of nitrogen functional groups attached to an aromatic ring is 1. The number of hydrogen-bond acceptors (Lipinski definition) is 8. The van der Waals surface area contributed by atoms with Gasteiger partial charge >= 0.3 is 0 Å². The van der Waals surface area contributed by atoms with E-state index in [4.69, 9.17) is 15.8 Å². The van der Waals surface area contributed by atoms with Crippen LogP contribution in [0.25, 0.3) is 28.0 Å². The first-order valence-electron chi connectivity index (χ1n) is 11.1. The molecule has 4 N–H and O–H groups in total. The fourth-order valence-corrected chi connectivity index (χ4v) is 4.04. The van der Waals surface area contributed by atoms with Gasteiger partial charge in [0.05, 0.1) is 35.5 Å². The molecule has 0 amide bonds. The number of nitrogens with two attached hydrogens (primary N) is 1. The lowest BCUT2D eigenvalue weighted by Crippen LogP contribution is -2.26. The van der Waals surface area contributed by atoms with Crippen LogP contribution in [0.2, 0.25) is 0 Å². The lowest BCUT2D eigenvalue weighted by atomic mass is 9.99. The molecule has 0 fully saturated rings. The van der Waals surface area contributed by atoms with E-state index in [2.05, 4.69) is 21.4 Å². The highest BCUT2D eigenvalue weighted by molar-refractivity contribution is 5.90. The van der Waals surface area contributed by atoms with Crippen LogP contribution in [0, 0.1) is 11.3 Å². The maximum absolute atomic E-state index is 9.42. The van der Waals surface area contributed by atoms with Crippen LogP contribution in [0.4, 0.5) is 5.95 Å². The number of hydrogen-bond donors (Lipinski definition) is 3. The third-order valence-corrected chi connectivity index (χ3v) is 5.61. The van der Waals surface area contributed by atoms with Gasteiger partial charge in [-0.1, -0.05) is 42.5 Å². The molecule has 0 bridgehead atoms. The summed E-state index contributed by atoms with van der Waals surface area (Å²) in [5, 5.41) is 26.8. The quantitative estimate of drug-likeness (QED) is 0.336. The number of fused-ring (bicyclic) bond motifs is 1. The van der Waals surface area contributed by atoms with Gasteiger partial charge in [-0.3, -0.25) is 4.98 Å². The van der Waals surface area contributed by atoms with E-state index in [1.54, 1.807) is 24.5 Å². The minimum absolute atomic E-state index is 0.0257. The first-order valence-corrected chi connectivity index (χ1v) is 11.1. The first kappa shape index (κ1) is 22.2. The molecule has 3 heterocycles.